The molecule has 1 aliphatic heterocycles. The molecule has 1 aliphatic rings. The molecule has 3 aromatic rings. The number of nitrogens with zero attached hydrogens (tertiary/aromatic N) is 2. The van der Waals surface area contributed by atoms with E-state index in [1.165, 1.54) is 12.2 Å². The van der Waals surface area contributed by atoms with E-state index in [2.05, 4.69) is 20.1 Å². The van der Waals surface area contributed by atoms with E-state index < -0.39 is 6.61 Å². The number of alkyl halides is 2. The van der Waals surface area contributed by atoms with E-state index in [4.69, 9.17) is 4.74 Å². The third-order valence-corrected chi connectivity index (χ3v) is 5.11. The molecule has 0 radical (unpaired) electrons. The van der Waals surface area contributed by atoms with Crippen LogP contribution in [0.1, 0.15) is 25.1 Å². The molecule has 4 rings (SSSR count). The fraction of sp³-hybridized carbons (Fsp3) is 0.318. The minimum atomic E-state index is -2.82. The summed E-state index contributed by atoms with van der Waals surface area (Å²) in [6.45, 7) is -1.83. The topological polar surface area (TPSA) is 27.3 Å². The first kappa shape index (κ1) is 21.3. The number of benzene rings is 2. The van der Waals surface area contributed by atoms with Gasteiger partial charge >= 0.3 is 6.61 Å². The Bertz CT molecular complexity index is 941. The van der Waals surface area contributed by atoms with Gasteiger partial charge in [-0.25, -0.2) is 4.57 Å². The van der Waals surface area contributed by atoms with E-state index in [0.29, 0.717) is 0 Å². The highest BCUT2D eigenvalue weighted by molar-refractivity contribution is 8.93. The summed E-state index contributed by atoms with van der Waals surface area (Å²) in [6.07, 6.45) is 6.69. The zero-order chi connectivity index (χ0) is 19.5. The van der Waals surface area contributed by atoms with Gasteiger partial charge in [-0.3, -0.25) is 0 Å². The molecule has 2 aromatic carbocycles. The Morgan fingerprint density at radius 3 is 2.28 bits per heavy atom. The molecule has 0 aliphatic carbocycles. The van der Waals surface area contributed by atoms with Crippen molar-refractivity contribution in [2.75, 3.05) is 7.11 Å². The lowest BCUT2D eigenvalue weighted by atomic mass is 10.1. The number of halogens is 3. The second-order valence-corrected chi connectivity index (χ2v) is 6.87. The van der Waals surface area contributed by atoms with E-state index in [9.17, 15) is 8.78 Å². The van der Waals surface area contributed by atoms with Crippen molar-refractivity contribution in [3.63, 3.8) is 0 Å². The van der Waals surface area contributed by atoms with Crippen molar-refractivity contribution in [2.24, 2.45) is 0 Å². The SMILES string of the molecule is Br.COc1ccc(-n2c(-c3ccc(OC(F)F)cc3)c[n+]3c2CCCCC3)cc1. The van der Waals surface area contributed by atoms with Crippen LogP contribution in [0.3, 0.4) is 0 Å². The molecule has 0 spiro atoms. The zero-order valence-corrected chi connectivity index (χ0v) is 17.9. The zero-order valence-electron chi connectivity index (χ0n) is 16.2. The number of aromatic nitrogens is 2. The van der Waals surface area contributed by atoms with Gasteiger partial charge in [0.15, 0.2) is 5.69 Å². The molecule has 0 bridgehead atoms. The summed E-state index contributed by atoms with van der Waals surface area (Å²) in [5.41, 5.74) is 3.04. The summed E-state index contributed by atoms with van der Waals surface area (Å²) in [4.78, 5) is 0. The predicted octanol–water partition coefficient (Wildman–Crippen LogP) is 5.35. The largest absolute Gasteiger partial charge is 0.497 e. The van der Waals surface area contributed by atoms with Gasteiger partial charge in [0.2, 0.25) is 0 Å². The van der Waals surface area contributed by atoms with Crippen LogP contribution >= 0.6 is 17.0 Å². The molecule has 0 fully saturated rings. The lowest BCUT2D eigenvalue weighted by molar-refractivity contribution is -0.702. The van der Waals surface area contributed by atoms with Gasteiger partial charge in [0.25, 0.3) is 5.82 Å². The number of hydrogen-bond donors (Lipinski definition) is 0. The maximum Gasteiger partial charge on any atom is 0.387 e. The van der Waals surface area contributed by atoms with Crippen LogP contribution in [-0.2, 0) is 13.0 Å². The molecule has 0 atom stereocenters. The normalized spacial score (nSPS) is 13.4. The van der Waals surface area contributed by atoms with Gasteiger partial charge in [-0.2, -0.15) is 13.3 Å². The van der Waals surface area contributed by atoms with Crippen LogP contribution in [0.5, 0.6) is 11.5 Å². The van der Waals surface area contributed by atoms with Crippen molar-refractivity contribution in [3.05, 3.63) is 60.6 Å². The Balaban J connectivity index is 0.00000240. The Kier molecular flexibility index (Phi) is 6.90. The molecule has 7 heteroatoms. The molecule has 1 aromatic heterocycles. The second-order valence-electron chi connectivity index (χ2n) is 6.87. The van der Waals surface area contributed by atoms with E-state index in [-0.39, 0.29) is 22.7 Å². The van der Waals surface area contributed by atoms with Gasteiger partial charge in [-0.15, -0.1) is 17.0 Å². The summed E-state index contributed by atoms with van der Waals surface area (Å²) in [7, 11) is 1.65. The number of imidazole rings is 1. The standard InChI is InChI=1S/C22H23F2N2O2.BrH/c1-27-18-12-8-17(9-13-18)26-20(15-25-14-4-2-3-5-21(25)26)16-6-10-19(11-7-16)28-22(23)24;/h6-13,15,22H,2-5,14H2,1H3;1H/q+1;. The molecule has 29 heavy (non-hydrogen) atoms. The van der Waals surface area contributed by atoms with Crippen LogP contribution < -0.4 is 14.0 Å². The minimum Gasteiger partial charge on any atom is -0.497 e. The Hall–Kier alpha value is -2.41. The van der Waals surface area contributed by atoms with Crippen LogP contribution in [-0.4, -0.2) is 18.3 Å². The van der Waals surface area contributed by atoms with Crippen molar-refractivity contribution in [2.45, 2.75) is 38.8 Å². The first-order chi connectivity index (χ1) is 13.7. The van der Waals surface area contributed by atoms with Crippen LogP contribution in [0.2, 0.25) is 0 Å². The predicted molar refractivity (Wildman–Crippen MR) is 112 cm³/mol. The number of fused-ring (bicyclic) bond motifs is 1. The van der Waals surface area contributed by atoms with Crippen molar-refractivity contribution >= 4 is 17.0 Å². The Morgan fingerprint density at radius 1 is 0.931 bits per heavy atom. The van der Waals surface area contributed by atoms with Gasteiger partial charge < -0.3 is 9.47 Å². The molecule has 2 heterocycles. The third kappa shape index (κ3) is 4.61. The number of rotatable bonds is 5. The van der Waals surface area contributed by atoms with Crippen molar-refractivity contribution < 1.29 is 22.8 Å². The quantitative estimate of drug-likeness (QED) is 0.475. The van der Waals surface area contributed by atoms with Crippen LogP contribution in [0.25, 0.3) is 16.9 Å². The first-order valence-electron chi connectivity index (χ1n) is 9.49. The molecule has 0 amide bonds. The van der Waals surface area contributed by atoms with Gasteiger partial charge in [0, 0.05) is 12.0 Å². The van der Waals surface area contributed by atoms with E-state index in [0.717, 1.165) is 48.5 Å². The summed E-state index contributed by atoms with van der Waals surface area (Å²) >= 11 is 0. The first-order valence-corrected chi connectivity index (χ1v) is 9.49. The maximum absolute atomic E-state index is 12.4. The Labute approximate surface area is 179 Å². The van der Waals surface area contributed by atoms with Crippen LogP contribution in [0, 0.1) is 0 Å². The van der Waals surface area contributed by atoms with E-state index in [1.54, 1.807) is 19.2 Å². The second kappa shape index (κ2) is 9.39. The molecule has 154 valence electrons. The molecule has 4 nitrogen and oxygen atoms in total. The van der Waals surface area contributed by atoms with Crippen LogP contribution in [0.4, 0.5) is 8.78 Å². The van der Waals surface area contributed by atoms with Crippen LogP contribution in [0.15, 0.2) is 54.7 Å². The van der Waals surface area contributed by atoms with Gasteiger partial charge in [0.05, 0.1) is 13.7 Å². The molecule has 0 unspecified atom stereocenters. The number of methoxy groups -OCH3 is 1. The molecule has 0 saturated carbocycles. The molecular formula is C22H24BrF2N2O2+. The van der Waals surface area contributed by atoms with Gasteiger partial charge in [0.1, 0.15) is 23.4 Å². The Morgan fingerprint density at radius 2 is 1.62 bits per heavy atom. The maximum atomic E-state index is 12.4. The highest BCUT2D eigenvalue weighted by atomic mass is 79.9. The van der Waals surface area contributed by atoms with Gasteiger partial charge in [-0.05, 0) is 67.8 Å². The monoisotopic (exact) mass is 465 g/mol. The van der Waals surface area contributed by atoms with Gasteiger partial charge in [-0.1, -0.05) is 0 Å². The molecular weight excluding hydrogens is 442 g/mol. The fourth-order valence-electron chi connectivity index (χ4n) is 3.77. The third-order valence-electron chi connectivity index (χ3n) is 5.11. The average molecular weight is 466 g/mol. The lowest BCUT2D eigenvalue weighted by Gasteiger charge is -2.08. The summed E-state index contributed by atoms with van der Waals surface area (Å²) < 4.78 is 39.2. The summed E-state index contributed by atoms with van der Waals surface area (Å²) in [5, 5.41) is 0. The van der Waals surface area contributed by atoms with Crippen molar-refractivity contribution in [1.29, 1.82) is 0 Å². The highest BCUT2D eigenvalue weighted by Gasteiger charge is 2.27. The number of ether oxygens (including phenoxy) is 2. The van der Waals surface area contributed by atoms with E-state index >= 15 is 0 Å². The number of aryl methyl sites for hydroxylation is 1. The highest BCUT2D eigenvalue weighted by Crippen LogP contribution is 2.29. The fourth-order valence-corrected chi connectivity index (χ4v) is 3.77. The minimum absolute atomic E-state index is 0. The average Bonchev–Trinajstić information content (AvgIpc) is 2.90. The molecule has 0 N–H and O–H groups in total. The number of hydrogen-bond acceptors (Lipinski definition) is 2. The summed E-state index contributed by atoms with van der Waals surface area (Å²) in [6, 6.07) is 14.8. The summed E-state index contributed by atoms with van der Waals surface area (Å²) in [5.74, 6) is 2.23. The lowest BCUT2D eigenvalue weighted by Crippen LogP contribution is -2.35. The molecule has 0 saturated heterocycles. The smallest absolute Gasteiger partial charge is 0.387 e. The van der Waals surface area contributed by atoms with E-state index in [1.807, 2.05) is 36.4 Å². The van der Waals surface area contributed by atoms with Crippen molar-refractivity contribution in [3.8, 4) is 28.4 Å². The van der Waals surface area contributed by atoms with Crippen molar-refractivity contribution in [1.82, 2.24) is 4.57 Å².